The summed E-state index contributed by atoms with van der Waals surface area (Å²) in [6, 6.07) is 8.12. The second kappa shape index (κ2) is 4.56. The van der Waals surface area contributed by atoms with Gasteiger partial charge in [0.1, 0.15) is 0 Å². The molecule has 0 unspecified atom stereocenters. The third-order valence-electron chi connectivity index (χ3n) is 2.40. The number of benzene rings is 1. The van der Waals surface area contributed by atoms with E-state index in [1.165, 1.54) is 3.58 Å². The summed E-state index contributed by atoms with van der Waals surface area (Å²) >= 11 is -1.95. The maximum absolute atomic E-state index is 11.6. The topological polar surface area (TPSA) is 20.3 Å². The summed E-state index contributed by atoms with van der Waals surface area (Å²) < 4.78 is 1.46. The van der Waals surface area contributed by atoms with Crippen molar-refractivity contribution in [2.75, 3.05) is 14.1 Å². The minimum atomic E-state index is -1.95. The molecule has 0 aliphatic carbocycles. The van der Waals surface area contributed by atoms with E-state index >= 15 is 0 Å². The van der Waals surface area contributed by atoms with E-state index in [-0.39, 0.29) is 5.91 Å². The Morgan fingerprint density at radius 1 is 1.07 bits per heavy atom. The summed E-state index contributed by atoms with van der Waals surface area (Å²) in [5.41, 5.74) is 0.777. The molecule has 0 spiro atoms. The van der Waals surface area contributed by atoms with Gasteiger partial charge in [0.15, 0.2) is 0 Å². The molecule has 1 aromatic rings. The molecule has 0 atom stereocenters. The van der Waals surface area contributed by atoms with E-state index in [9.17, 15) is 4.79 Å². The predicted molar refractivity (Wildman–Crippen MR) is 67.4 cm³/mol. The van der Waals surface area contributed by atoms with Gasteiger partial charge in [0.05, 0.1) is 0 Å². The van der Waals surface area contributed by atoms with Crippen molar-refractivity contribution in [1.82, 2.24) is 4.90 Å². The molecule has 0 saturated carbocycles. The Kier molecular flexibility index (Phi) is 3.81. The number of hydrogen-bond acceptors (Lipinski definition) is 1. The fraction of sp³-hybridized carbons (Fsp3) is 0.417. The molecule has 0 aromatic heterocycles. The second-order valence-electron chi connectivity index (χ2n) is 5.03. The summed E-state index contributed by atoms with van der Waals surface area (Å²) in [6.45, 7) is 0. The first kappa shape index (κ1) is 12.6. The van der Waals surface area contributed by atoms with E-state index in [4.69, 9.17) is 0 Å². The van der Waals surface area contributed by atoms with Crippen molar-refractivity contribution in [3.63, 3.8) is 0 Å². The van der Waals surface area contributed by atoms with Gasteiger partial charge in [-0.2, -0.15) is 0 Å². The molecule has 0 radical (unpaired) electrons. The van der Waals surface area contributed by atoms with Gasteiger partial charge < -0.3 is 0 Å². The molecule has 1 rings (SSSR count). The third kappa shape index (κ3) is 3.23. The summed E-state index contributed by atoms with van der Waals surface area (Å²) in [4.78, 5) is 20.4. The average molecular weight is 312 g/mol. The van der Waals surface area contributed by atoms with Crippen molar-refractivity contribution < 1.29 is 4.79 Å². The van der Waals surface area contributed by atoms with E-state index in [1.54, 1.807) is 19.0 Å². The second-order valence-corrected chi connectivity index (χ2v) is 19.5. The molecule has 0 saturated heterocycles. The van der Waals surface area contributed by atoms with Crippen LogP contribution in [0.25, 0.3) is 0 Å². The summed E-state index contributed by atoms with van der Waals surface area (Å²) in [5.74, 6) is 0.0747. The first-order valence-corrected chi connectivity index (χ1v) is 15.1. The van der Waals surface area contributed by atoms with Crippen LogP contribution in [-0.2, 0) is 0 Å². The van der Waals surface area contributed by atoms with Crippen LogP contribution in [0.2, 0.25) is 14.8 Å². The number of rotatable bonds is 2. The van der Waals surface area contributed by atoms with Gasteiger partial charge in [0.2, 0.25) is 0 Å². The number of nitrogens with zero attached hydrogens (tertiary/aromatic N) is 1. The van der Waals surface area contributed by atoms with Gasteiger partial charge in [-0.3, -0.25) is 0 Å². The molecule has 0 heterocycles. The van der Waals surface area contributed by atoms with E-state index in [0.717, 1.165) is 5.56 Å². The fourth-order valence-electron chi connectivity index (χ4n) is 1.37. The standard InChI is InChI=1S/C9H10NO.3CH3.Sn/c1-10(2)9(11)8-6-4-3-5-7-8;;;;/h4-7H,1-2H3;3*1H3;. The van der Waals surface area contributed by atoms with Crippen molar-refractivity contribution in [3.05, 3.63) is 29.8 Å². The fourth-order valence-corrected chi connectivity index (χ4v) is 4.70. The first-order valence-electron chi connectivity index (χ1n) is 5.14. The molecule has 82 valence electrons. The predicted octanol–water partition coefficient (Wildman–Crippen LogP) is 1.93. The molecule has 0 bridgehead atoms. The van der Waals surface area contributed by atoms with Crippen molar-refractivity contribution >= 4 is 27.9 Å². The van der Waals surface area contributed by atoms with Crippen LogP contribution in [0.15, 0.2) is 24.3 Å². The van der Waals surface area contributed by atoms with Crippen LogP contribution in [0.1, 0.15) is 10.4 Å². The van der Waals surface area contributed by atoms with Crippen LogP contribution in [0, 0.1) is 0 Å². The van der Waals surface area contributed by atoms with Gasteiger partial charge in [0.25, 0.3) is 0 Å². The van der Waals surface area contributed by atoms with Gasteiger partial charge in [0, 0.05) is 0 Å². The zero-order valence-corrected chi connectivity index (χ0v) is 13.0. The molecule has 0 fully saturated rings. The van der Waals surface area contributed by atoms with Gasteiger partial charge in [-0.1, -0.05) is 0 Å². The molecule has 0 aliphatic rings. The zero-order valence-electron chi connectivity index (χ0n) is 10.2. The van der Waals surface area contributed by atoms with Crippen molar-refractivity contribution in [2.45, 2.75) is 14.8 Å². The SMILES string of the molecule is CN(C)C(=O)c1cc[c]([Sn]([CH3])([CH3])[CH3])cc1. The monoisotopic (exact) mass is 313 g/mol. The van der Waals surface area contributed by atoms with Crippen molar-refractivity contribution in [3.8, 4) is 0 Å². The first-order chi connectivity index (χ1) is 6.82. The number of carbonyl (C=O) groups excluding carboxylic acids is 1. The summed E-state index contributed by atoms with van der Waals surface area (Å²) in [5, 5.41) is 0. The molecule has 3 heteroatoms. The minimum absolute atomic E-state index is 0.0747. The Hall–Kier alpha value is -0.511. The molecular weight excluding hydrogens is 293 g/mol. The van der Waals surface area contributed by atoms with Crippen LogP contribution in [-0.4, -0.2) is 43.3 Å². The van der Waals surface area contributed by atoms with E-state index in [2.05, 4.69) is 27.0 Å². The van der Waals surface area contributed by atoms with E-state index in [0.29, 0.717) is 0 Å². The van der Waals surface area contributed by atoms with Crippen LogP contribution in [0.4, 0.5) is 0 Å². The Bertz CT molecular complexity index is 349. The van der Waals surface area contributed by atoms with Crippen LogP contribution in [0.5, 0.6) is 0 Å². The Labute approximate surface area is 96.2 Å². The van der Waals surface area contributed by atoms with Crippen molar-refractivity contribution in [2.24, 2.45) is 0 Å². The molecule has 1 amide bonds. The molecule has 15 heavy (non-hydrogen) atoms. The Morgan fingerprint density at radius 3 is 1.87 bits per heavy atom. The van der Waals surface area contributed by atoms with Crippen LogP contribution in [0.3, 0.4) is 0 Å². The zero-order chi connectivity index (χ0) is 11.6. The van der Waals surface area contributed by atoms with Crippen molar-refractivity contribution in [1.29, 1.82) is 0 Å². The van der Waals surface area contributed by atoms with E-state index in [1.807, 2.05) is 12.1 Å². The van der Waals surface area contributed by atoms with Gasteiger partial charge in [-0.25, -0.2) is 0 Å². The third-order valence-corrected chi connectivity index (χ3v) is 8.30. The normalized spacial score (nSPS) is 11.3. The average Bonchev–Trinajstić information content (AvgIpc) is 2.15. The number of carbonyl (C=O) groups is 1. The molecule has 0 N–H and O–H groups in total. The number of amides is 1. The van der Waals surface area contributed by atoms with Gasteiger partial charge in [-0.15, -0.1) is 0 Å². The van der Waals surface area contributed by atoms with Crippen LogP contribution < -0.4 is 3.58 Å². The molecule has 1 aromatic carbocycles. The van der Waals surface area contributed by atoms with E-state index < -0.39 is 18.4 Å². The maximum atomic E-state index is 11.6. The van der Waals surface area contributed by atoms with Gasteiger partial charge >= 0.3 is 96.3 Å². The Balaban J connectivity index is 2.96. The number of hydrogen-bond donors (Lipinski definition) is 0. The molecule has 0 aliphatic heterocycles. The molecule has 2 nitrogen and oxygen atoms in total. The van der Waals surface area contributed by atoms with Crippen LogP contribution >= 0.6 is 0 Å². The summed E-state index contributed by atoms with van der Waals surface area (Å²) in [6.07, 6.45) is 0. The van der Waals surface area contributed by atoms with Gasteiger partial charge in [-0.05, 0) is 0 Å². The molecular formula is C12H19NOSn. The quantitative estimate of drug-likeness (QED) is 0.764. The summed E-state index contributed by atoms with van der Waals surface area (Å²) in [7, 11) is 3.55. The Morgan fingerprint density at radius 2 is 1.53 bits per heavy atom.